The fourth-order valence-corrected chi connectivity index (χ4v) is 4.11. The Morgan fingerprint density at radius 1 is 1.27 bits per heavy atom. The summed E-state index contributed by atoms with van der Waals surface area (Å²) in [4.78, 5) is 43.6. The number of amides is 1. The summed E-state index contributed by atoms with van der Waals surface area (Å²) >= 11 is 0. The second-order valence-electron chi connectivity index (χ2n) is 8.24. The molecule has 0 saturated heterocycles. The van der Waals surface area contributed by atoms with Gasteiger partial charge in [0.15, 0.2) is 5.69 Å². The van der Waals surface area contributed by atoms with Crippen LogP contribution in [-0.2, 0) is 16.1 Å². The van der Waals surface area contributed by atoms with E-state index in [4.69, 9.17) is 10.5 Å². The van der Waals surface area contributed by atoms with E-state index < -0.39 is 11.2 Å². The number of H-pyrrole nitrogens is 1. The van der Waals surface area contributed by atoms with Crippen molar-refractivity contribution in [3.63, 3.8) is 0 Å². The first-order valence-corrected chi connectivity index (χ1v) is 11.0. The normalized spacial score (nSPS) is 14.9. The zero-order valence-corrected chi connectivity index (χ0v) is 18.6. The van der Waals surface area contributed by atoms with Crippen LogP contribution >= 0.6 is 0 Å². The third kappa shape index (κ3) is 6.43. The number of likely N-dealkylation sites (N-methyl/N-ethyl adjacent to an activating group) is 1. The third-order valence-electron chi connectivity index (χ3n) is 5.74. The van der Waals surface area contributed by atoms with Crippen molar-refractivity contribution in [3.05, 3.63) is 20.8 Å². The Balaban J connectivity index is 2.24. The molecule has 1 aromatic rings. The molecule has 1 amide bonds. The number of carbonyl (C=O) groups excluding carboxylic acids is 1. The number of hydrogen-bond donors (Lipinski definition) is 2. The Bertz CT molecular complexity index is 798. The molecule has 1 heterocycles. The lowest BCUT2D eigenvalue weighted by Crippen LogP contribution is -2.46. The fourth-order valence-electron chi connectivity index (χ4n) is 4.11. The minimum absolute atomic E-state index is 0.0246. The minimum atomic E-state index is -0.648. The number of nitrogen functional groups attached to an aromatic ring is 1. The van der Waals surface area contributed by atoms with E-state index in [2.05, 4.69) is 4.98 Å². The topological polar surface area (TPSA) is 114 Å². The molecule has 0 radical (unpaired) electrons. The van der Waals surface area contributed by atoms with Crippen LogP contribution in [-0.4, -0.2) is 60.8 Å². The van der Waals surface area contributed by atoms with Crippen molar-refractivity contribution in [2.75, 3.05) is 51.0 Å². The summed E-state index contributed by atoms with van der Waals surface area (Å²) in [5, 5.41) is 0. The van der Waals surface area contributed by atoms with E-state index in [9.17, 15) is 14.4 Å². The predicted octanol–water partition coefficient (Wildman–Crippen LogP) is 1.41. The molecule has 1 aromatic heterocycles. The van der Waals surface area contributed by atoms with Crippen molar-refractivity contribution in [1.29, 1.82) is 0 Å². The van der Waals surface area contributed by atoms with Crippen LogP contribution in [0.1, 0.15) is 51.9 Å². The zero-order chi connectivity index (χ0) is 22.1. The molecule has 0 unspecified atom stereocenters. The number of carbonyl (C=O) groups is 1. The molecular formula is C21H37N5O4. The van der Waals surface area contributed by atoms with Gasteiger partial charge in [-0.2, -0.15) is 0 Å². The number of aromatic amines is 1. The van der Waals surface area contributed by atoms with Crippen molar-refractivity contribution in [2.45, 2.75) is 58.4 Å². The highest BCUT2D eigenvalue weighted by Gasteiger charge is 2.25. The van der Waals surface area contributed by atoms with Gasteiger partial charge in [0.25, 0.3) is 5.56 Å². The first-order valence-electron chi connectivity index (χ1n) is 11.0. The number of nitrogens with two attached hydrogens (primary N) is 1. The molecule has 0 atom stereocenters. The second kappa shape index (κ2) is 11.9. The molecule has 30 heavy (non-hydrogen) atoms. The van der Waals surface area contributed by atoms with E-state index in [-0.39, 0.29) is 37.1 Å². The number of rotatable bonds is 11. The number of methoxy groups -OCH3 is 1. The Morgan fingerprint density at radius 3 is 2.60 bits per heavy atom. The van der Waals surface area contributed by atoms with Crippen molar-refractivity contribution < 1.29 is 9.53 Å². The molecule has 2 rings (SSSR count). The van der Waals surface area contributed by atoms with Crippen molar-refractivity contribution in [1.82, 2.24) is 14.5 Å². The molecule has 0 aromatic carbocycles. The van der Waals surface area contributed by atoms with E-state index in [1.807, 2.05) is 18.9 Å². The molecule has 1 aliphatic rings. The predicted molar refractivity (Wildman–Crippen MR) is 119 cm³/mol. The summed E-state index contributed by atoms with van der Waals surface area (Å²) in [7, 11) is 3.46. The number of ether oxygens (including phenoxy) is 1. The highest BCUT2D eigenvalue weighted by molar-refractivity contribution is 5.96. The smallest absolute Gasteiger partial charge is 0.330 e. The molecule has 1 saturated carbocycles. The summed E-state index contributed by atoms with van der Waals surface area (Å²) in [5.41, 5.74) is 5.04. The lowest BCUT2D eigenvalue weighted by Gasteiger charge is -2.29. The Morgan fingerprint density at radius 2 is 1.97 bits per heavy atom. The van der Waals surface area contributed by atoms with E-state index in [0.717, 1.165) is 19.4 Å². The van der Waals surface area contributed by atoms with Crippen LogP contribution in [0.2, 0.25) is 0 Å². The van der Waals surface area contributed by atoms with E-state index in [0.29, 0.717) is 12.5 Å². The lowest BCUT2D eigenvalue weighted by atomic mass is 9.89. The van der Waals surface area contributed by atoms with Crippen molar-refractivity contribution in [3.8, 4) is 0 Å². The largest absolute Gasteiger partial charge is 0.383 e. The van der Waals surface area contributed by atoms with Gasteiger partial charge in [0.05, 0.1) is 13.2 Å². The molecule has 3 N–H and O–H groups in total. The molecular weight excluding hydrogens is 386 g/mol. The Kier molecular flexibility index (Phi) is 9.58. The summed E-state index contributed by atoms with van der Waals surface area (Å²) in [6.45, 7) is 3.86. The number of unbranched alkanes of at least 4 members (excludes halogenated alkanes) is 1. The van der Waals surface area contributed by atoms with Gasteiger partial charge in [-0.1, -0.05) is 32.6 Å². The number of nitrogens with one attached hydrogen (secondary N) is 1. The fraction of sp³-hybridized carbons (Fsp3) is 0.762. The molecule has 9 heteroatoms. The van der Waals surface area contributed by atoms with Crippen LogP contribution in [0.4, 0.5) is 11.5 Å². The van der Waals surface area contributed by atoms with Crippen LogP contribution in [0.3, 0.4) is 0 Å². The summed E-state index contributed by atoms with van der Waals surface area (Å²) in [6.07, 6.45) is 7.79. The van der Waals surface area contributed by atoms with Gasteiger partial charge in [0.1, 0.15) is 5.82 Å². The standard InChI is InChI=1S/C21H37N5O4/c1-4-5-11-26-19(22)18(20(28)23-21(26)29)25(12-13-30-3)17(27)15-24(2)14-16-9-7-6-8-10-16/h16H,4-15,22H2,1-3H3,(H,23,28,29). The number of nitrogens with zero attached hydrogens (tertiary/aromatic N) is 3. The maximum atomic E-state index is 13.1. The summed E-state index contributed by atoms with van der Waals surface area (Å²) < 4.78 is 6.47. The maximum absolute atomic E-state index is 13.1. The maximum Gasteiger partial charge on any atom is 0.330 e. The molecule has 0 spiro atoms. The Hall–Kier alpha value is -2.13. The molecule has 0 bridgehead atoms. The third-order valence-corrected chi connectivity index (χ3v) is 5.74. The first-order chi connectivity index (χ1) is 14.4. The quantitative estimate of drug-likeness (QED) is 0.556. The van der Waals surface area contributed by atoms with Gasteiger partial charge < -0.3 is 15.4 Å². The molecule has 0 aliphatic heterocycles. The van der Waals surface area contributed by atoms with Gasteiger partial charge in [0.2, 0.25) is 5.91 Å². The first kappa shape index (κ1) is 24.1. The summed E-state index contributed by atoms with van der Waals surface area (Å²) in [6, 6.07) is 0. The van der Waals surface area contributed by atoms with Crippen LogP contribution in [0.25, 0.3) is 0 Å². The van der Waals surface area contributed by atoms with Gasteiger partial charge in [0, 0.05) is 26.7 Å². The molecule has 1 aliphatic carbocycles. The average Bonchev–Trinajstić information content (AvgIpc) is 2.70. The lowest BCUT2D eigenvalue weighted by molar-refractivity contribution is -0.119. The van der Waals surface area contributed by atoms with Gasteiger partial charge in [-0.25, -0.2) is 4.79 Å². The van der Waals surface area contributed by atoms with Crippen molar-refractivity contribution in [2.24, 2.45) is 5.92 Å². The SMILES string of the molecule is CCCCn1c(N)c(N(CCOC)C(=O)CN(C)CC2CCCCC2)c(=O)[nH]c1=O. The monoisotopic (exact) mass is 423 g/mol. The zero-order valence-electron chi connectivity index (χ0n) is 18.6. The van der Waals surface area contributed by atoms with Gasteiger partial charge in [-0.05, 0) is 32.2 Å². The number of aromatic nitrogens is 2. The van der Waals surface area contributed by atoms with Crippen LogP contribution in [0.15, 0.2) is 9.59 Å². The van der Waals surface area contributed by atoms with E-state index in [1.165, 1.54) is 48.7 Å². The minimum Gasteiger partial charge on any atom is -0.383 e. The molecule has 9 nitrogen and oxygen atoms in total. The highest BCUT2D eigenvalue weighted by atomic mass is 16.5. The summed E-state index contributed by atoms with van der Waals surface area (Å²) in [5.74, 6) is 0.397. The van der Waals surface area contributed by atoms with Gasteiger partial charge in [-0.15, -0.1) is 0 Å². The molecule has 170 valence electrons. The van der Waals surface area contributed by atoms with Crippen LogP contribution < -0.4 is 21.9 Å². The number of anilines is 2. The van der Waals surface area contributed by atoms with E-state index >= 15 is 0 Å². The van der Waals surface area contributed by atoms with Gasteiger partial charge in [-0.3, -0.25) is 24.0 Å². The molecule has 1 fully saturated rings. The Labute approximate surface area is 178 Å². The van der Waals surface area contributed by atoms with Crippen LogP contribution in [0, 0.1) is 5.92 Å². The second-order valence-corrected chi connectivity index (χ2v) is 8.24. The van der Waals surface area contributed by atoms with Gasteiger partial charge >= 0.3 is 5.69 Å². The number of hydrogen-bond acceptors (Lipinski definition) is 6. The highest BCUT2D eigenvalue weighted by Crippen LogP contribution is 2.24. The van der Waals surface area contributed by atoms with Crippen LogP contribution in [0.5, 0.6) is 0 Å². The van der Waals surface area contributed by atoms with E-state index in [1.54, 1.807) is 0 Å². The average molecular weight is 424 g/mol. The van der Waals surface area contributed by atoms with Crippen molar-refractivity contribution >= 4 is 17.4 Å².